The van der Waals surface area contributed by atoms with Crippen LogP contribution >= 0.6 is 11.9 Å². The van der Waals surface area contributed by atoms with Gasteiger partial charge in [0.05, 0.1) is 0 Å². The topological polar surface area (TPSA) is 70.7 Å². The van der Waals surface area contributed by atoms with Crippen molar-refractivity contribution >= 4 is 40.4 Å². The van der Waals surface area contributed by atoms with Gasteiger partial charge in [0.1, 0.15) is 11.6 Å². The number of ether oxygens (including phenoxy) is 1. The summed E-state index contributed by atoms with van der Waals surface area (Å²) in [5, 5.41) is 7.75. The minimum atomic E-state index is -0.795. The number of alkyl carbamates (subject to hydrolysis) is 1. The van der Waals surface area contributed by atoms with Gasteiger partial charge in [0.15, 0.2) is 0 Å². The van der Waals surface area contributed by atoms with E-state index in [2.05, 4.69) is 16.7 Å². The van der Waals surface area contributed by atoms with Crippen molar-refractivity contribution in [3.8, 4) is 0 Å². The Kier molecular flexibility index (Phi) is 8.00. The summed E-state index contributed by atoms with van der Waals surface area (Å²) in [4.78, 5) is 26.9. The zero-order chi connectivity index (χ0) is 24.0. The number of rotatable bonds is 7. The van der Waals surface area contributed by atoms with Crippen LogP contribution < -0.4 is 10.6 Å². The highest BCUT2D eigenvalue weighted by atomic mass is 32.2. The molecule has 0 bridgehead atoms. The second-order valence-corrected chi connectivity index (χ2v) is 10.3. The molecular weight excluding hydrogens is 434 g/mol. The molecule has 0 fully saturated rings. The van der Waals surface area contributed by atoms with Crippen LogP contribution in [0.1, 0.15) is 26.3 Å². The number of fused-ring (bicyclic) bond motifs is 1. The molecule has 3 aromatic rings. The van der Waals surface area contributed by atoms with Crippen molar-refractivity contribution in [2.24, 2.45) is 0 Å². The molecule has 3 rings (SSSR count). The Morgan fingerprint density at radius 2 is 1.61 bits per heavy atom. The SMILES string of the molecule is CN(C)Sc1cccc2c(NC(=O)[C@H](Cc3ccccc3)NC(=O)OC(C)(C)C)cccc12. The van der Waals surface area contributed by atoms with Gasteiger partial charge in [-0.05, 0) is 69.9 Å². The minimum Gasteiger partial charge on any atom is -0.444 e. The molecule has 0 saturated heterocycles. The fraction of sp³-hybridized carbons (Fsp3) is 0.308. The molecule has 0 aliphatic carbocycles. The fourth-order valence-corrected chi connectivity index (χ4v) is 4.20. The Morgan fingerprint density at radius 1 is 0.939 bits per heavy atom. The van der Waals surface area contributed by atoms with Crippen molar-refractivity contribution in [1.82, 2.24) is 9.62 Å². The van der Waals surface area contributed by atoms with Crippen LogP contribution in [0.2, 0.25) is 0 Å². The summed E-state index contributed by atoms with van der Waals surface area (Å²) in [5.74, 6) is -0.303. The summed E-state index contributed by atoms with van der Waals surface area (Å²) < 4.78 is 7.42. The minimum absolute atomic E-state index is 0.303. The molecule has 1 atom stereocenters. The normalized spacial score (nSPS) is 12.4. The molecule has 33 heavy (non-hydrogen) atoms. The van der Waals surface area contributed by atoms with Crippen molar-refractivity contribution in [1.29, 1.82) is 0 Å². The number of benzene rings is 3. The number of anilines is 1. The first-order valence-electron chi connectivity index (χ1n) is 10.8. The zero-order valence-corrected chi connectivity index (χ0v) is 20.5. The molecule has 0 aromatic heterocycles. The van der Waals surface area contributed by atoms with Gasteiger partial charge < -0.3 is 15.4 Å². The van der Waals surface area contributed by atoms with E-state index in [4.69, 9.17) is 4.74 Å². The van der Waals surface area contributed by atoms with Crippen molar-refractivity contribution in [3.63, 3.8) is 0 Å². The molecule has 2 amide bonds. The third-order valence-electron chi connectivity index (χ3n) is 4.71. The highest BCUT2D eigenvalue weighted by Gasteiger charge is 2.25. The monoisotopic (exact) mass is 465 g/mol. The molecule has 0 saturated carbocycles. The molecule has 0 aliphatic rings. The van der Waals surface area contributed by atoms with Crippen LogP contribution in [0.15, 0.2) is 71.6 Å². The summed E-state index contributed by atoms with van der Waals surface area (Å²) in [6, 6.07) is 20.7. The number of hydrogen-bond acceptors (Lipinski definition) is 5. The Morgan fingerprint density at radius 3 is 2.27 bits per heavy atom. The van der Waals surface area contributed by atoms with E-state index >= 15 is 0 Å². The van der Waals surface area contributed by atoms with E-state index in [0.717, 1.165) is 21.2 Å². The molecule has 0 unspecified atom stereocenters. The van der Waals surface area contributed by atoms with Crippen LogP contribution in [0, 0.1) is 0 Å². The van der Waals surface area contributed by atoms with Gasteiger partial charge in [0.25, 0.3) is 0 Å². The Hall–Kier alpha value is -3.03. The van der Waals surface area contributed by atoms with Crippen LogP contribution in [0.3, 0.4) is 0 Å². The molecule has 3 aromatic carbocycles. The largest absolute Gasteiger partial charge is 0.444 e. The molecule has 6 nitrogen and oxygen atoms in total. The number of hydrogen-bond donors (Lipinski definition) is 2. The second kappa shape index (κ2) is 10.7. The van der Waals surface area contributed by atoms with Gasteiger partial charge in [0.2, 0.25) is 5.91 Å². The van der Waals surface area contributed by atoms with Crippen molar-refractivity contribution in [2.45, 2.75) is 43.7 Å². The smallest absolute Gasteiger partial charge is 0.408 e. The summed E-state index contributed by atoms with van der Waals surface area (Å²) >= 11 is 1.62. The highest BCUT2D eigenvalue weighted by Crippen LogP contribution is 2.32. The van der Waals surface area contributed by atoms with E-state index in [9.17, 15) is 9.59 Å². The lowest BCUT2D eigenvalue weighted by Crippen LogP contribution is -2.47. The lowest BCUT2D eigenvalue weighted by molar-refractivity contribution is -0.118. The van der Waals surface area contributed by atoms with Crippen LogP contribution in [0.4, 0.5) is 10.5 Å². The number of carbonyl (C=O) groups is 2. The van der Waals surface area contributed by atoms with Crippen LogP contribution in [0.25, 0.3) is 10.8 Å². The van der Waals surface area contributed by atoms with Gasteiger partial charge >= 0.3 is 6.09 Å². The molecule has 2 N–H and O–H groups in total. The average molecular weight is 466 g/mol. The van der Waals surface area contributed by atoms with E-state index in [0.29, 0.717) is 12.1 Å². The maximum Gasteiger partial charge on any atom is 0.408 e. The number of carbonyl (C=O) groups excluding carboxylic acids is 2. The summed E-state index contributed by atoms with van der Waals surface area (Å²) in [7, 11) is 3.98. The molecule has 0 spiro atoms. The van der Waals surface area contributed by atoms with Crippen molar-refractivity contribution in [2.75, 3.05) is 19.4 Å². The van der Waals surface area contributed by atoms with Gasteiger partial charge in [-0.3, -0.25) is 9.10 Å². The van der Waals surface area contributed by atoms with Gasteiger partial charge in [-0.2, -0.15) is 0 Å². The van der Waals surface area contributed by atoms with Crippen LogP contribution in [-0.2, 0) is 16.0 Å². The highest BCUT2D eigenvalue weighted by molar-refractivity contribution is 7.97. The predicted molar refractivity (Wildman–Crippen MR) is 135 cm³/mol. The fourth-order valence-electron chi connectivity index (χ4n) is 3.40. The Labute approximate surface area is 199 Å². The van der Waals surface area contributed by atoms with E-state index < -0.39 is 17.7 Å². The molecule has 7 heteroatoms. The third kappa shape index (κ3) is 7.23. The van der Waals surface area contributed by atoms with E-state index in [1.165, 1.54) is 0 Å². The lowest BCUT2D eigenvalue weighted by atomic mass is 10.0. The first kappa shape index (κ1) is 24.6. The maximum absolute atomic E-state index is 13.3. The Bertz CT molecular complexity index is 1110. The number of nitrogens with one attached hydrogen (secondary N) is 2. The quantitative estimate of drug-likeness (QED) is 0.452. The van der Waals surface area contributed by atoms with Gasteiger partial charge in [-0.25, -0.2) is 4.79 Å². The van der Waals surface area contributed by atoms with E-state index in [-0.39, 0.29) is 5.91 Å². The summed E-state index contributed by atoms with van der Waals surface area (Å²) in [6.07, 6.45) is -0.278. The lowest BCUT2D eigenvalue weighted by Gasteiger charge is -2.23. The van der Waals surface area contributed by atoms with Crippen molar-refractivity contribution < 1.29 is 14.3 Å². The van der Waals surface area contributed by atoms with Crippen LogP contribution in [0.5, 0.6) is 0 Å². The molecule has 0 radical (unpaired) electrons. The predicted octanol–water partition coefficient (Wildman–Crippen LogP) is 5.48. The molecule has 174 valence electrons. The van der Waals surface area contributed by atoms with E-state index in [1.54, 1.807) is 32.7 Å². The Balaban J connectivity index is 1.86. The van der Waals surface area contributed by atoms with Gasteiger partial charge in [0, 0.05) is 22.4 Å². The zero-order valence-electron chi connectivity index (χ0n) is 19.7. The van der Waals surface area contributed by atoms with Gasteiger partial charge in [-0.1, -0.05) is 54.6 Å². The molecule has 0 heterocycles. The van der Waals surface area contributed by atoms with Crippen LogP contribution in [-0.4, -0.2) is 42.0 Å². The van der Waals surface area contributed by atoms with E-state index in [1.807, 2.05) is 79.1 Å². The standard InChI is InChI=1S/C26H31N3O3S/c1-26(2,3)32-25(31)28-22(17-18-11-7-6-8-12-18)24(30)27-21-15-9-14-20-19(21)13-10-16-23(20)33-29(4)5/h6-16,22H,17H2,1-5H3,(H,27,30)(H,28,31)/t22-/m0/s1. The third-order valence-corrected chi connectivity index (χ3v) is 5.63. The maximum atomic E-state index is 13.3. The first-order valence-corrected chi connectivity index (χ1v) is 11.6. The molecule has 0 aliphatic heterocycles. The number of nitrogens with zero attached hydrogens (tertiary/aromatic N) is 1. The number of amides is 2. The summed E-state index contributed by atoms with van der Waals surface area (Å²) in [5.41, 5.74) is 0.979. The first-order chi connectivity index (χ1) is 15.6. The van der Waals surface area contributed by atoms with Gasteiger partial charge in [-0.15, -0.1) is 0 Å². The average Bonchev–Trinajstić information content (AvgIpc) is 2.73. The van der Waals surface area contributed by atoms with Crippen molar-refractivity contribution in [3.05, 3.63) is 72.3 Å². The second-order valence-electron chi connectivity index (χ2n) is 8.94. The summed E-state index contributed by atoms with van der Waals surface area (Å²) in [6.45, 7) is 5.37. The molecular formula is C26H31N3O3S.